The fourth-order valence-corrected chi connectivity index (χ4v) is 1.73. The molecular formula is C11H21NO2. The van der Waals surface area contributed by atoms with Gasteiger partial charge in [0.1, 0.15) is 0 Å². The van der Waals surface area contributed by atoms with Crippen molar-refractivity contribution in [3.8, 4) is 0 Å². The van der Waals surface area contributed by atoms with E-state index in [-0.39, 0.29) is 17.9 Å². The molecule has 0 aromatic heterocycles. The SMILES string of the molecule is CC(C)C(C)C(=O)N1CCCC(O)C1. The van der Waals surface area contributed by atoms with E-state index in [0.29, 0.717) is 12.5 Å². The average Bonchev–Trinajstić information content (AvgIpc) is 2.15. The van der Waals surface area contributed by atoms with Crippen LogP contribution in [0.4, 0.5) is 0 Å². The van der Waals surface area contributed by atoms with Crippen molar-refractivity contribution in [3.63, 3.8) is 0 Å². The average molecular weight is 199 g/mol. The monoisotopic (exact) mass is 199 g/mol. The molecule has 0 spiro atoms. The first-order chi connectivity index (χ1) is 6.52. The first-order valence-electron chi connectivity index (χ1n) is 5.49. The summed E-state index contributed by atoms with van der Waals surface area (Å²) in [5.41, 5.74) is 0. The lowest BCUT2D eigenvalue weighted by Crippen LogP contribution is -2.45. The lowest BCUT2D eigenvalue weighted by molar-refractivity contribution is -0.139. The van der Waals surface area contributed by atoms with Gasteiger partial charge >= 0.3 is 0 Å². The van der Waals surface area contributed by atoms with Crippen molar-refractivity contribution in [1.82, 2.24) is 4.90 Å². The summed E-state index contributed by atoms with van der Waals surface area (Å²) < 4.78 is 0. The molecule has 0 aromatic rings. The number of hydrogen-bond acceptors (Lipinski definition) is 2. The third-order valence-electron chi connectivity index (χ3n) is 3.10. The van der Waals surface area contributed by atoms with Crippen LogP contribution in [0, 0.1) is 11.8 Å². The summed E-state index contributed by atoms with van der Waals surface area (Å²) in [7, 11) is 0. The summed E-state index contributed by atoms with van der Waals surface area (Å²) in [4.78, 5) is 13.7. The normalized spacial score (nSPS) is 25.2. The highest BCUT2D eigenvalue weighted by molar-refractivity contribution is 5.78. The molecule has 0 radical (unpaired) electrons. The predicted molar refractivity (Wildman–Crippen MR) is 55.8 cm³/mol. The van der Waals surface area contributed by atoms with Gasteiger partial charge in [0.25, 0.3) is 0 Å². The number of nitrogens with zero attached hydrogens (tertiary/aromatic N) is 1. The van der Waals surface area contributed by atoms with Crippen LogP contribution < -0.4 is 0 Å². The number of aliphatic hydroxyl groups is 1. The first-order valence-corrected chi connectivity index (χ1v) is 5.49. The molecule has 2 unspecified atom stereocenters. The first kappa shape index (κ1) is 11.5. The van der Waals surface area contributed by atoms with Gasteiger partial charge in [-0.2, -0.15) is 0 Å². The molecule has 0 saturated carbocycles. The van der Waals surface area contributed by atoms with Crippen LogP contribution in [0.15, 0.2) is 0 Å². The van der Waals surface area contributed by atoms with E-state index in [1.807, 2.05) is 6.92 Å². The van der Waals surface area contributed by atoms with Gasteiger partial charge in [-0.25, -0.2) is 0 Å². The largest absolute Gasteiger partial charge is 0.391 e. The molecule has 1 aliphatic heterocycles. The molecule has 1 heterocycles. The Labute approximate surface area is 86.1 Å². The third-order valence-corrected chi connectivity index (χ3v) is 3.10. The number of amides is 1. The van der Waals surface area contributed by atoms with Crippen LogP contribution in [0.2, 0.25) is 0 Å². The Balaban J connectivity index is 2.51. The smallest absolute Gasteiger partial charge is 0.225 e. The second kappa shape index (κ2) is 4.78. The van der Waals surface area contributed by atoms with Gasteiger partial charge < -0.3 is 10.0 Å². The van der Waals surface area contributed by atoms with Crippen LogP contribution >= 0.6 is 0 Å². The van der Waals surface area contributed by atoms with Crippen molar-refractivity contribution in [1.29, 1.82) is 0 Å². The van der Waals surface area contributed by atoms with Crippen molar-refractivity contribution in [2.45, 2.75) is 39.7 Å². The Morgan fingerprint density at radius 2 is 2.07 bits per heavy atom. The van der Waals surface area contributed by atoms with E-state index in [4.69, 9.17) is 0 Å². The fourth-order valence-electron chi connectivity index (χ4n) is 1.73. The van der Waals surface area contributed by atoms with Crippen molar-refractivity contribution in [3.05, 3.63) is 0 Å². The highest BCUT2D eigenvalue weighted by Crippen LogP contribution is 2.17. The number of rotatable bonds is 2. The number of likely N-dealkylation sites (tertiary alicyclic amines) is 1. The molecule has 2 atom stereocenters. The van der Waals surface area contributed by atoms with E-state index in [1.54, 1.807) is 4.90 Å². The number of aliphatic hydroxyl groups excluding tert-OH is 1. The van der Waals surface area contributed by atoms with Crippen LogP contribution in [0.3, 0.4) is 0 Å². The number of β-amino-alcohol motifs (C(OH)–C–C–N with tert-alkyl or cyclic N) is 1. The highest BCUT2D eigenvalue weighted by atomic mass is 16.3. The highest BCUT2D eigenvalue weighted by Gasteiger charge is 2.26. The maximum atomic E-state index is 11.9. The zero-order chi connectivity index (χ0) is 10.7. The van der Waals surface area contributed by atoms with Crippen LogP contribution in [-0.2, 0) is 4.79 Å². The molecule has 3 heteroatoms. The molecule has 14 heavy (non-hydrogen) atoms. The summed E-state index contributed by atoms with van der Waals surface area (Å²) in [6.07, 6.45) is 1.45. The van der Waals surface area contributed by atoms with Crippen LogP contribution in [0.25, 0.3) is 0 Å². The molecule has 1 saturated heterocycles. The van der Waals surface area contributed by atoms with Crippen LogP contribution in [0.1, 0.15) is 33.6 Å². The summed E-state index contributed by atoms with van der Waals surface area (Å²) in [6, 6.07) is 0. The van der Waals surface area contributed by atoms with Gasteiger partial charge in [-0.15, -0.1) is 0 Å². The molecule has 1 N–H and O–H groups in total. The molecule has 1 amide bonds. The second-order valence-electron chi connectivity index (χ2n) is 4.61. The van der Waals surface area contributed by atoms with Crippen molar-refractivity contribution in [2.24, 2.45) is 11.8 Å². The Morgan fingerprint density at radius 1 is 1.43 bits per heavy atom. The maximum absolute atomic E-state index is 11.9. The van der Waals surface area contributed by atoms with Crippen molar-refractivity contribution >= 4 is 5.91 Å². The van der Waals surface area contributed by atoms with Crippen LogP contribution in [-0.4, -0.2) is 35.1 Å². The molecule has 0 aromatic carbocycles. The number of carbonyl (C=O) groups is 1. The minimum Gasteiger partial charge on any atom is -0.391 e. The molecule has 3 nitrogen and oxygen atoms in total. The standard InChI is InChI=1S/C11H21NO2/c1-8(2)9(3)11(14)12-6-4-5-10(13)7-12/h8-10,13H,4-7H2,1-3H3. The quantitative estimate of drug-likeness (QED) is 0.727. The number of carbonyl (C=O) groups excluding carboxylic acids is 1. The van der Waals surface area contributed by atoms with E-state index >= 15 is 0 Å². The van der Waals surface area contributed by atoms with E-state index in [9.17, 15) is 9.90 Å². The molecule has 1 fully saturated rings. The molecule has 82 valence electrons. The van der Waals surface area contributed by atoms with Gasteiger partial charge in [0.15, 0.2) is 0 Å². The van der Waals surface area contributed by atoms with Gasteiger partial charge in [-0.1, -0.05) is 20.8 Å². The van der Waals surface area contributed by atoms with E-state index in [1.165, 1.54) is 0 Å². The zero-order valence-electron chi connectivity index (χ0n) is 9.36. The Kier molecular flexibility index (Phi) is 3.93. The third kappa shape index (κ3) is 2.71. The molecule has 1 aliphatic rings. The van der Waals surface area contributed by atoms with Gasteiger partial charge in [0.2, 0.25) is 5.91 Å². The maximum Gasteiger partial charge on any atom is 0.225 e. The summed E-state index contributed by atoms with van der Waals surface area (Å²) in [6.45, 7) is 7.42. The number of hydrogen-bond donors (Lipinski definition) is 1. The van der Waals surface area contributed by atoms with Crippen LogP contribution in [0.5, 0.6) is 0 Å². The minimum atomic E-state index is -0.313. The Morgan fingerprint density at radius 3 is 2.57 bits per heavy atom. The van der Waals surface area contributed by atoms with Gasteiger partial charge in [0.05, 0.1) is 6.10 Å². The second-order valence-corrected chi connectivity index (χ2v) is 4.61. The lowest BCUT2D eigenvalue weighted by atomic mass is 9.95. The van der Waals surface area contributed by atoms with E-state index in [0.717, 1.165) is 19.4 Å². The summed E-state index contributed by atoms with van der Waals surface area (Å²) in [5.74, 6) is 0.639. The molecule has 0 aliphatic carbocycles. The summed E-state index contributed by atoms with van der Waals surface area (Å²) >= 11 is 0. The zero-order valence-corrected chi connectivity index (χ0v) is 9.36. The summed E-state index contributed by atoms with van der Waals surface area (Å²) in [5, 5.41) is 9.45. The Hall–Kier alpha value is -0.570. The fraction of sp³-hybridized carbons (Fsp3) is 0.909. The number of piperidine rings is 1. The predicted octanol–water partition coefficient (Wildman–Crippen LogP) is 1.26. The molecule has 1 rings (SSSR count). The topological polar surface area (TPSA) is 40.5 Å². The van der Waals surface area contributed by atoms with Crippen molar-refractivity contribution in [2.75, 3.05) is 13.1 Å². The minimum absolute atomic E-state index is 0.0697. The van der Waals surface area contributed by atoms with E-state index < -0.39 is 0 Å². The lowest BCUT2D eigenvalue weighted by Gasteiger charge is -2.33. The molecule has 0 bridgehead atoms. The van der Waals surface area contributed by atoms with Gasteiger partial charge in [-0.3, -0.25) is 4.79 Å². The van der Waals surface area contributed by atoms with Crippen molar-refractivity contribution < 1.29 is 9.90 Å². The molecular weight excluding hydrogens is 178 g/mol. The van der Waals surface area contributed by atoms with Gasteiger partial charge in [-0.05, 0) is 18.8 Å². The van der Waals surface area contributed by atoms with E-state index in [2.05, 4.69) is 13.8 Å². The Bertz CT molecular complexity index is 203. The van der Waals surface area contributed by atoms with Gasteiger partial charge in [0, 0.05) is 19.0 Å².